The molecule has 2 fully saturated rings. The molecule has 31 heavy (non-hydrogen) atoms. The molecular formula is C22H38IN5O2S. The van der Waals surface area contributed by atoms with Crippen molar-refractivity contribution in [2.75, 3.05) is 33.2 Å². The molecule has 0 aromatic heterocycles. The Labute approximate surface area is 204 Å². The van der Waals surface area contributed by atoms with Gasteiger partial charge in [-0.2, -0.15) is 0 Å². The van der Waals surface area contributed by atoms with E-state index in [0.29, 0.717) is 6.54 Å². The molecule has 0 atom stereocenters. The minimum absolute atomic E-state index is 0. The van der Waals surface area contributed by atoms with Crippen LogP contribution in [0.15, 0.2) is 34.2 Å². The van der Waals surface area contributed by atoms with Crippen LogP contribution in [0.25, 0.3) is 0 Å². The Morgan fingerprint density at radius 3 is 2.35 bits per heavy atom. The number of nitrogens with zero attached hydrogens (tertiary/aromatic N) is 3. The summed E-state index contributed by atoms with van der Waals surface area (Å²) in [5, 5.41) is 8.61. The molecule has 1 aromatic carbocycles. The fraction of sp³-hybridized carbons (Fsp3) is 0.682. The molecule has 0 spiro atoms. The van der Waals surface area contributed by atoms with Crippen molar-refractivity contribution in [2.24, 2.45) is 22.0 Å². The maximum Gasteiger partial charge on any atom is 0.238 e. The van der Waals surface area contributed by atoms with E-state index in [1.807, 2.05) is 6.07 Å². The van der Waals surface area contributed by atoms with Crippen molar-refractivity contribution in [2.45, 2.75) is 57.0 Å². The molecule has 3 rings (SSSR count). The highest BCUT2D eigenvalue weighted by molar-refractivity contribution is 14.0. The predicted molar refractivity (Wildman–Crippen MR) is 137 cm³/mol. The normalized spacial score (nSPS) is 23.5. The zero-order valence-electron chi connectivity index (χ0n) is 19.0. The van der Waals surface area contributed by atoms with Crippen LogP contribution in [-0.4, -0.2) is 63.4 Å². The number of halogens is 1. The average molecular weight is 564 g/mol. The average Bonchev–Trinajstić information content (AvgIpc) is 2.74. The summed E-state index contributed by atoms with van der Waals surface area (Å²) < 4.78 is 23.1. The predicted octanol–water partition coefficient (Wildman–Crippen LogP) is 2.86. The molecule has 3 N–H and O–H groups in total. The molecule has 1 saturated heterocycles. The summed E-state index contributed by atoms with van der Waals surface area (Å²) in [7, 11) is -1.89. The molecule has 1 aliphatic carbocycles. The van der Waals surface area contributed by atoms with E-state index in [2.05, 4.69) is 34.0 Å². The quantitative estimate of drug-likeness (QED) is 0.327. The van der Waals surface area contributed by atoms with Crippen molar-refractivity contribution in [1.29, 1.82) is 0 Å². The zero-order chi connectivity index (χ0) is 21.7. The molecule has 0 unspecified atom stereocenters. The highest BCUT2D eigenvalue weighted by Gasteiger charge is 2.29. The molecule has 1 heterocycles. The van der Waals surface area contributed by atoms with E-state index >= 15 is 0 Å². The summed E-state index contributed by atoms with van der Waals surface area (Å²) >= 11 is 0. The minimum Gasteiger partial charge on any atom is -0.352 e. The number of piperazine rings is 1. The highest BCUT2D eigenvalue weighted by Crippen LogP contribution is 2.32. The lowest BCUT2D eigenvalue weighted by Crippen LogP contribution is -2.55. The number of nitrogens with one attached hydrogen (secondary N) is 1. The maximum atomic E-state index is 11.6. The first-order chi connectivity index (χ1) is 14.3. The zero-order valence-corrected chi connectivity index (χ0v) is 22.1. The molecule has 176 valence electrons. The fourth-order valence-electron chi connectivity index (χ4n) is 4.78. The van der Waals surface area contributed by atoms with E-state index in [1.165, 1.54) is 31.7 Å². The molecule has 2 aliphatic rings. The van der Waals surface area contributed by atoms with Crippen molar-refractivity contribution >= 4 is 40.0 Å². The standard InChI is InChI=1S/C22H37N5O2S.HI/c1-17(2)19-7-9-20(10-8-19)26-11-13-27(14-12-26)22(24-3)25-16-18-5-4-6-21(15-18)30(23,28)29;/h4-6,15,17,19-20H,7-14,16H2,1-3H3,(H,24,25)(H2,23,28,29);1H. The summed E-state index contributed by atoms with van der Waals surface area (Å²) in [6.45, 7) is 9.27. The number of nitrogens with two attached hydrogens (primary N) is 1. The number of sulfonamides is 1. The Bertz CT molecular complexity index is 830. The van der Waals surface area contributed by atoms with Crippen molar-refractivity contribution in [3.8, 4) is 0 Å². The molecule has 1 aliphatic heterocycles. The summed E-state index contributed by atoms with van der Waals surface area (Å²) in [5.41, 5.74) is 0.864. The van der Waals surface area contributed by atoms with E-state index < -0.39 is 10.0 Å². The first kappa shape index (κ1) is 26.3. The Balaban J connectivity index is 0.00000341. The molecule has 0 bridgehead atoms. The van der Waals surface area contributed by atoms with Crippen molar-refractivity contribution < 1.29 is 8.42 Å². The molecule has 9 heteroatoms. The third-order valence-corrected chi connectivity index (χ3v) is 7.61. The minimum atomic E-state index is -3.69. The SMILES string of the molecule is CN=C(NCc1cccc(S(N)(=O)=O)c1)N1CCN(C2CCC(C(C)C)CC2)CC1.I. The van der Waals surface area contributed by atoms with E-state index in [-0.39, 0.29) is 28.9 Å². The van der Waals surface area contributed by atoms with Crippen LogP contribution >= 0.6 is 24.0 Å². The van der Waals surface area contributed by atoms with Gasteiger partial charge in [0.25, 0.3) is 0 Å². The van der Waals surface area contributed by atoms with Gasteiger partial charge in [0.2, 0.25) is 10.0 Å². The lowest BCUT2D eigenvalue weighted by atomic mass is 9.79. The van der Waals surface area contributed by atoms with E-state index in [1.54, 1.807) is 19.2 Å². The summed E-state index contributed by atoms with van der Waals surface area (Å²) in [4.78, 5) is 9.53. The van der Waals surface area contributed by atoms with Crippen LogP contribution in [-0.2, 0) is 16.6 Å². The van der Waals surface area contributed by atoms with Gasteiger partial charge in [-0.15, -0.1) is 24.0 Å². The molecule has 0 amide bonds. The second kappa shape index (κ2) is 11.8. The van der Waals surface area contributed by atoms with Gasteiger partial charge < -0.3 is 10.2 Å². The van der Waals surface area contributed by atoms with Crippen LogP contribution in [0.4, 0.5) is 0 Å². The van der Waals surface area contributed by atoms with Gasteiger partial charge in [0.05, 0.1) is 4.90 Å². The third-order valence-electron chi connectivity index (χ3n) is 6.70. The lowest BCUT2D eigenvalue weighted by Gasteiger charge is -2.43. The summed E-state index contributed by atoms with van der Waals surface area (Å²) in [5.74, 6) is 2.57. The van der Waals surface area contributed by atoms with Crippen molar-refractivity contribution in [3.63, 3.8) is 0 Å². The maximum absolute atomic E-state index is 11.6. The smallest absolute Gasteiger partial charge is 0.238 e. The summed E-state index contributed by atoms with van der Waals surface area (Å²) in [6, 6.07) is 7.47. The van der Waals surface area contributed by atoms with Gasteiger partial charge in [-0.3, -0.25) is 9.89 Å². The number of rotatable bonds is 5. The van der Waals surface area contributed by atoms with Crippen LogP contribution in [0, 0.1) is 11.8 Å². The van der Waals surface area contributed by atoms with Gasteiger partial charge in [0.1, 0.15) is 0 Å². The van der Waals surface area contributed by atoms with Crippen LogP contribution in [0.2, 0.25) is 0 Å². The Morgan fingerprint density at radius 1 is 1.16 bits per heavy atom. The van der Waals surface area contributed by atoms with E-state index in [4.69, 9.17) is 5.14 Å². The van der Waals surface area contributed by atoms with Gasteiger partial charge in [0.15, 0.2) is 5.96 Å². The second-order valence-electron chi connectivity index (χ2n) is 8.93. The second-order valence-corrected chi connectivity index (χ2v) is 10.5. The van der Waals surface area contributed by atoms with E-state index in [9.17, 15) is 8.42 Å². The number of hydrogen-bond acceptors (Lipinski definition) is 4. The van der Waals surface area contributed by atoms with Crippen LogP contribution in [0.1, 0.15) is 45.1 Å². The fourth-order valence-corrected chi connectivity index (χ4v) is 5.36. The molecule has 7 nitrogen and oxygen atoms in total. The Hall–Kier alpha value is -0.910. The van der Waals surface area contributed by atoms with Gasteiger partial charge >= 0.3 is 0 Å². The van der Waals surface area contributed by atoms with Crippen LogP contribution < -0.4 is 10.5 Å². The number of guanidine groups is 1. The monoisotopic (exact) mass is 563 g/mol. The van der Waals surface area contributed by atoms with Crippen LogP contribution in [0.5, 0.6) is 0 Å². The largest absolute Gasteiger partial charge is 0.352 e. The first-order valence-electron chi connectivity index (χ1n) is 11.1. The Kier molecular flexibility index (Phi) is 10.0. The Morgan fingerprint density at radius 2 is 1.81 bits per heavy atom. The number of hydrogen-bond donors (Lipinski definition) is 2. The van der Waals surface area contributed by atoms with Gasteiger partial charge in [-0.1, -0.05) is 26.0 Å². The third kappa shape index (κ3) is 7.30. The molecule has 1 aromatic rings. The topological polar surface area (TPSA) is 91.0 Å². The van der Waals surface area contributed by atoms with E-state index in [0.717, 1.165) is 55.6 Å². The van der Waals surface area contributed by atoms with Crippen LogP contribution in [0.3, 0.4) is 0 Å². The number of primary sulfonamides is 1. The molecular weight excluding hydrogens is 525 g/mol. The highest BCUT2D eigenvalue weighted by atomic mass is 127. The van der Waals surface area contributed by atoms with Crippen molar-refractivity contribution in [3.05, 3.63) is 29.8 Å². The number of aliphatic imine (C=N–C) groups is 1. The molecule has 1 saturated carbocycles. The number of benzene rings is 1. The van der Waals surface area contributed by atoms with Gasteiger partial charge in [-0.05, 0) is 55.2 Å². The van der Waals surface area contributed by atoms with Crippen molar-refractivity contribution in [1.82, 2.24) is 15.1 Å². The molecule has 0 radical (unpaired) electrons. The summed E-state index contributed by atoms with van der Waals surface area (Å²) in [6.07, 6.45) is 5.39. The lowest BCUT2D eigenvalue weighted by molar-refractivity contribution is 0.0864. The van der Waals surface area contributed by atoms with Gasteiger partial charge in [-0.25, -0.2) is 13.6 Å². The van der Waals surface area contributed by atoms with Gasteiger partial charge in [0, 0.05) is 45.8 Å². The first-order valence-corrected chi connectivity index (χ1v) is 12.6.